The summed E-state index contributed by atoms with van der Waals surface area (Å²) in [5, 5.41) is 1.51. The highest BCUT2D eigenvalue weighted by atomic mass is 35.5. The van der Waals surface area contributed by atoms with Crippen molar-refractivity contribution in [1.82, 2.24) is 4.98 Å². The van der Waals surface area contributed by atoms with Gasteiger partial charge in [-0.25, -0.2) is 4.98 Å². The molecular weight excluding hydrogens is 444 g/mol. The molecule has 1 amide bonds. The maximum absolute atomic E-state index is 13.2. The number of thioether (sulfide) groups is 1. The molecule has 0 saturated carbocycles. The number of nitrogens with zero attached hydrogens (tertiary/aromatic N) is 2. The predicted molar refractivity (Wildman–Crippen MR) is 133 cm³/mol. The number of carbonyl (C=O) groups is 1. The van der Waals surface area contributed by atoms with E-state index in [0.717, 1.165) is 43.7 Å². The Balaban J connectivity index is 1.47. The number of carbonyl (C=O) groups excluding carboxylic acids is 1. The van der Waals surface area contributed by atoms with Crippen molar-refractivity contribution in [2.75, 3.05) is 10.7 Å². The highest BCUT2D eigenvalue weighted by Crippen LogP contribution is 2.32. The van der Waals surface area contributed by atoms with Crippen molar-refractivity contribution >= 4 is 56.0 Å². The minimum absolute atomic E-state index is 0.109. The van der Waals surface area contributed by atoms with Gasteiger partial charge in [-0.05, 0) is 60.6 Å². The summed E-state index contributed by atoms with van der Waals surface area (Å²) in [6.45, 7) is 2.59. The fourth-order valence-corrected chi connectivity index (χ4v) is 5.34. The van der Waals surface area contributed by atoms with Crippen LogP contribution in [0.5, 0.6) is 0 Å². The van der Waals surface area contributed by atoms with Crippen molar-refractivity contribution in [3.63, 3.8) is 0 Å². The van der Waals surface area contributed by atoms with E-state index in [4.69, 9.17) is 16.6 Å². The largest absolute Gasteiger partial charge is 0.284 e. The van der Waals surface area contributed by atoms with Crippen LogP contribution in [-0.2, 0) is 11.3 Å². The number of para-hydroxylation sites is 1. The maximum Gasteiger partial charge on any atom is 0.229 e. The molecule has 1 heterocycles. The maximum atomic E-state index is 13.2. The third-order valence-electron chi connectivity index (χ3n) is 4.94. The van der Waals surface area contributed by atoms with E-state index in [1.165, 1.54) is 4.90 Å². The Labute approximate surface area is 196 Å². The molecule has 0 aliphatic heterocycles. The van der Waals surface area contributed by atoms with Crippen LogP contribution in [0.2, 0.25) is 5.02 Å². The number of anilines is 1. The van der Waals surface area contributed by atoms with Crippen molar-refractivity contribution in [1.29, 1.82) is 0 Å². The molecule has 3 aromatic carbocycles. The molecule has 6 heteroatoms. The third kappa shape index (κ3) is 5.67. The first kappa shape index (κ1) is 21.9. The van der Waals surface area contributed by atoms with Crippen LogP contribution in [0.25, 0.3) is 10.2 Å². The van der Waals surface area contributed by atoms with Gasteiger partial charge in [0.15, 0.2) is 5.13 Å². The zero-order valence-corrected chi connectivity index (χ0v) is 19.6. The standard InChI is InChI=1S/C25H23ClN2OS2/c1-18-7-5-10-22-24(18)27-25(31-22)28(17-19-8-3-2-4-9-19)23(29)11-6-16-30-21-14-12-20(26)13-15-21/h2-5,7-10,12-15H,6,11,16-17H2,1H3. The molecule has 0 spiro atoms. The van der Waals surface area contributed by atoms with Gasteiger partial charge in [-0.3, -0.25) is 9.69 Å². The van der Waals surface area contributed by atoms with Crippen LogP contribution < -0.4 is 4.90 Å². The van der Waals surface area contributed by atoms with E-state index in [9.17, 15) is 4.79 Å². The molecule has 4 rings (SSSR count). The van der Waals surface area contributed by atoms with Crippen LogP contribution in [0.4, 0.5) is 5.13 Å². The first-order valence-electron chi connectivity index (χ1n) is 10.2. The lowest BCUT2D eigenvalue weighted by Gasteiger charge is -2.20. The molecule has 0 saturated heterocycles. The molecule has 0 N–H and O–H groups in total. The van der Waals surface area contributed by atoms with E-state index in [1.54, 1.807) is 23.1 Å². The van der Waals surface area contributed by atoms with Crippen LogP contribution in [-0.4, -0.2) is 16.6 Å². The van der Waals surface area contributed by atoms with Crippen LogP contribution in [0.3, 0.4) is 0 Å². The SMILES string of the molecule is Cc1cccc2sc(N(Cc3ccccc3)C(=O)CCCSc3ccc(Cl)cc3)nc12. The number of hydrogen-bond acceptors (Lipinski definition) is 4. The van der Waals surface area contributed by atoms with Crippen molar-refractivity contribution < 1.29 is 4.79 Å². The molecule has 0 bridgehead atoms. The molecule has 158 valence electrons. The summed E-state index contributed by atoms with van der Waals surface area (Å²) in [7, 11) is 0. The Hall–Kier alpha value is -2.34. The van der Waals surface area contributed by atoms with Gasteiger partial charge in [0.1, 0.15) is 0 Å². The number of aryl methyl sites for hydroxylation is 1. The normalized spacial score (nSPS) is 11.0. The lowest BCUT2D eigenvalue weighted by Crippen LogP contribution is -2.30. The molecule has 1 aromatic heterocycles. The second-order valence-corrected chi connectivity index (χ2v) is 9.90. The summed E-state index contributed by atoms with van der Waals surface area (Å²) in [5.74, 6) is 0.989. The number of hydrogen-bond donors (Lipinski definition) is 0. The Kier molecular flexibility index (Phi) is 7.28. The Bertz CT molecular complexity index is 1160. The monoisotopic (exact) mass is 466 g/mol. The molecule has 3 nitrogen and oxygen atoms in total. The van der Waals surface area contributed by atoms with Crippen LogP contribution in [0, 0.1) is 6.92 Å². The average molecular weight is 467 g/mol. The number of amides is 1. The van der Waals surface area contributed by atoms with Gasteiger partial charge >= 0.3 is 0 Å². The zero-order valence-electron chi connectivity index (χ0n) is 17.3. The van der Waals surface area contributed by atoms with Crippen LogP contribution in [0.15, 0.2) is 77.7 Å². The van der Waals surface area contributed by atoms with Gasteiger partial charge in [0.2, 0.25) is 5.91 Å². The van der Waals surface area contributed by atoms with E-state index in [0.29, 0.717) is 13.0 Å². The summed E-state index contributed by atoms with van der Waals surface area (Å²) in [5.41, 5.74) is 3.21. The fourth-order valence-electron chi connectivity index (χ4n) is 3.30. The molecular formula is C25H23ClN2OS2. The third-order valence-corrected chi connectivity index (χ3v) is 7.34. The summed E-state index contributed by atoms with van der Waals surface area (Å²) in [6.07, 6.45) is 1.30. The molecule has 4 aromatic rings. The Morgan fingerprint density at radius 2 is 1.81 bits per heavy atom. The zero-order chi connectivity index (χ0) is 21.6. The van der Waals surface area contributed by atoms with Gasteiger partial charge in [0, 0.05) is 16.3 Å². The molecule has 0 fully saturated rings. The summed E-state index contributed by atoms with van der Waals surface area (Å²) < 4.78 is 1.11. The van der Waals surface area contributed by atoms with E-state index >= 15 is 0 Å². The minimum Gasteiger partial charge on any atom is -0.284 e. The quantitative estimate of drug-likeness (QED) is 0.201. The highest BCUT2D eigenvalue weighted by molar-refractivity contribution is 7.99. The fraction of sp³-hybridized carbons (Fsp3) is 0.200. The molecule has 0 aliphatic carbocycles. The number of fused-ring (bicyclic) bond motifs is 1. The molecule has 31 heavy (non-hydrogen) atoms. The second-order valence-electron chi connectivity index (χ2n) is 7.29. The smallest absolute Gasteiger partial charge is 0.229 e. The number of benzene rings is 3. The van der Waals surface area contributed by atoms with Crippen molar-refractivity contribution in [3.05, 3.63) is 88.9 Å². The lowest BCUT2D eigenvalue weighted by molar-refractivity contribution is -0.118. The summed E-state index contributed by atoms with van der Waals surface area (Å²) in [6, 6.07) is 24.1. The van der Waals surface area contributed by atoms with Gasteiger partial charge in [-0.2, -0.15) is 0 Å². The Morgan fingerprint density at radius 3 is 2.55 bits per heavy atom. The van der Waals surface area contributed by atoms with E-state index < -0.39 is 0 Å². The second kappa shape index (κ2) is 10.3. The van der Waals surface area contributed by atoms with Gasteiger partial charge in [0.05, 0.1) is 16.8 Å². The number of rotatable bonds is 8. The average Bonchev–Trinajstić information content (AvgIpc) is 3.22. The van der Waals surface area contributed by atoms with Crippen LogP contribution in [0.1, 0.15) is 24.0 Å². The number of aromatic nitrogens is 1. The molecule has 0 radical (unpaired) electrons. The van der Waals surface area contributed by atoms with Crippen molar-refractivity contribution in [2.45, 2.75) is 31.2 Å². The Morgan fingerprint density at radius 1 is 1.03 bits per heavy atom. The van der Waals surface area contributed by atoms with Gasteiger partial charge in [-0.1, -0.05) is 65.4 Å². The van der Waals surface area contributed by atoms with Crippen molar-refractivity contribution in [3.8, 4) is 0 Å². The minimum atomic E-state index is 0.109. The molecule has 0 unspecified atom stereocenters. The topological polar surface area (TPSA) is 33.2 Å². The van der Waals surface area contributed by atoms with E-state index in [2.05, 4.69) is 31.2 Å². The van der Waals surface area contributed by atoms with Crippen LogP contribution >= 0.6 is 34.7 Å². The van der Waals surface area contributed by atoms with Gasteiger partial charge < -0.3 is 0 Å². The number of halogens is 1. The first-order chi connectivity index (χ1) is 15.1. The molecule has 0 aliphatic rings. The van der Waals surface area contributed by atoms with E-state index in [1.807, 2.05) is 53.4 Å². The van der Waals surface area contributed by atoms with E-state index in [-0.39, 0.29) is 5.91 Å². The first-order valence-corrected chi connectivity index (χ1v) is 12.4. The molecule has 0 atom stereocenters. The number of thiazole rings is 1. The highest BCUT2D eigenvalue weighted by Gasteiger charge is 2.20. The van der Waals surface area contributed by atoms with Gasteiger partial charge in [0.25, 0.3) is 0 Å². The summed E-state index contributed by atoms with van der Waals surface area (Å²) in [4.78, 5) is 21.1. The lowest BCUT2D eigenvalue weighted by atomic mass is 10.2. The summed E-state index contributed by atoms with van der Waals surface area (Å²) >= 11 is 9.28. The predicted octanol–water partition coefficient (Wildman–Crippen LogP) is 7.36. The van der Waals surface area contributed by atoms with Gasteiger partial charge in [-0.15, -0.1) is 11.8 Å². The van der Waals surface area contributed by atoms with Crippen molar-refractivity contribution in [2.24, 2.45) is 0 Å².